The lowest BCUT2D eigenvalue weighted by atomic mass is 9.96. The van der Waals surface area contributed by atoms with E-state index in [1.807, 2.05) is 0 Å². The van der Waals surface area contributed by atoms with Crippen LogP contribution < -0.4 is 0 Å². The number of nitrogens with zero attached hydrogens (tertiary/aromatic N) is 2. The van der Waals surface area contributed by atoms with Crippen LogP contribution in [0.5, 0.6) is 0 Å². The zero-order valence-corrected chi connectivity index (χ0v) is 17.0. The molecule has 1 atom stereocenters. The SMILES string of the molecule is CCCCC(O)(Cn1c2c(c3cc(C)ccc31)CN(C)CC2)C(=O)OCC. The van der Waals surface area contributed by atoms with E-state index in [1.54, 1.807) is 6.92 Å². The Labute approximate surface area is 161 Å². The van der Waals surface area contributed by atoms with Gasteiger partial charge >= 0.3 is 5.97 Å². The minimum atomic E-state index is -1.49. The second kappa shape index (κ2) is 8.03. The summed E-state index contributed by atoms with van der Waals surface area (Å²) in [5, 5.41) is 12.5. The van der Waals surface area contributed by atoms with Crippen LogP contribution >= 0.6 is 0 Å². The Morgan fingerprint density at radius 2 is 2.11 bits per heavy atom. The van der Waals surface area contributed by atoms with E-state index in [9.17, 15) is 9.90 Å². The highest BCUT2D eigenvalue weighted by Crippen LogP contribution is 2.33. The number of esters is 1. The van der Waals surface area contributed by atoms with Crippen LogP contribution in [0.15, 0.2) is 18.2 Å². The molecule has 2 heterocycles. The van der Waals surface area contributed by atoms with Gasteiger partial charge in [0.1, 0.15) is 0 Å². The molecule has 0 fully saturated rings. The average molecular weight is 373 g/mol. The highest BCUT2D eigenvalue weighted by Gasteiger charge is 2.39. The number of carbonyl (C=O) groups is 1. The zero-order chi connectivity index (χ0) is 19.6. The minimum Gasteiger partial charge on any atom is -0.464 e. The predicted molar refractivity (Wildman–Crippen MR) is 108 cm³/mol. The fraction of sp³-hybridized carbons (Fsp3) is 0.591. The predicted octanol–water partition coefficient (Wildman–Crippen LogP) is 3.42. The largest absolute Gasteiger partial charge is 0.464 e. The maximum Gasteiger partial charge on any atom is 0.340 e. The quantitative estimate of drug-likeness (QED) is 0.757. The molecule has 0 spiro atoms. The second-order valence-corrected chi connectivity index (χ2v) is 7.88. The summed E-state index contributed by atoms with van der Waals surface area (Å²) in [4.78, 5) is 14.9. The molecule has 27 heavy (non-hydrogen) atoms. The van der Waals surface area contributed by atoms with Gasteiger partial charge in [0, 0.05) is 36.1 Å². The number of carbonyl (C=O) groups excluding carboxylic acids is 1. The van der Waals surface area contributed by atoms with Crippen LogP contribution in [0.4, 0.5) is 0 Å². The van der Waals surface area contributed by atoms with Crippen LogP contribution in [0.2, 0.25) is 0 Å². The van der Waals surface area contributed by atoms with Gasteiger partial charge in [0.05, 0.1) is 13.2 Å². The molecule has 0 aliphatic carbocycles. The van der Waals surface area contributed by atoms with E-state index in [2.05, 4.69) is 48.6 Å². The number of aryl methyl sites for hydroxylation is 1. The fourth-order valence-corrected chi connectivity index (χ4v) is 4.12. The Kier molecular flexibility index (Phi) is 5.92. The summed E-state index contributed by atoms with van der Waals surface area (Å²) in [6, 6.07) is 6.44. The number of rotatable bonds is 7. The van der Waals surface area contributed by atoms with Gasteiger partial charge < -0.3 is 19.3 Å². The topological polar surface area (TPSA) is 54.7 Å². The van der Waals surface area contributed by atoms with Crippen molar-refractivity contribution in [3.63, 3.8) is 0 Å². The van der Waals surface area contributed by atoms with E-state index in [4.69, 9.17) is 4.74 Å². The first-order valence-corrected chi connectivity index (χ1v) is 10.1. The Morgan fingerprint density at radius 3 is 2.81 bits per heavy atom. The summed E-state index contributed by atoms with van der Waals surface area (Å²) < 4.78 is 7.40. The summed E-state index contributed by atoms with van der Waals surface area (Å²) in [7, 11) is 2.14. The molecule has 1 aliphatic heterocycles. The van der Waals surface area contributed by atoms with E-state index >= 15 is 0 Å². The maximum absolute atomic E-state index is 12.6. The lowest BCUT2D eigenvalue weighted by Gasteiger charge is -2.29. The second-order valence-electron chi connectivity index (χ2n) is 7.88. The van der Waals surface area contributed by atoms with Crippen LogP contribution in [0.3, 0.4) is 0 Å². The summed E-state index contributed by atoms with van der Waals surface area (Å²) in [5.41, 5.74) is 3.40. The summed E-state index contributed by atoms with van der Waals surface area (Å²) in [6.45, 7) is 8.36. The number of likely N-dealkylation sites (N-methyl/N-ethyl adjacent to an activating group) is 1. The first kappa shape index (κ1) is 19.9. The molecule has 0 amide bonds. The molecule has 0 saturated carbocycles. The highest BCUT2D eigenvalue weighted by molar-refractivity contribution is 5.87. The van der Waals surface area contributed by atoms with Gasteiger partial charge in [0.2, 0.25) is 0 Å². The van der Waals surface area contributed by atoms with Gasteiger partial charge in [0.15, 0.2) is 5.60 Å². The van der Waals surface area contributed by atoms with Crippen molar-refractivity contribution in [1.82, 2.24) is 9.47 Å². The Morgan fingerprint density at radius 1 is 1.33 bits per heavy atom. The number of ether oxygens (including phenoxy) is 1. The molecule has 1 N–H and O–H groups in total. The Balaban J connectivity index is 2.08. The number of fused-ring (bicyclic) bond motifs is 3. The lowest BCUT2D eigenvalue weighted by molar-refractivity contribution is -0.167. The molecule has 0 radical (unpaired) electrons. The van der Waals surface area contributed by atoms with E-state index in [0.717, 1.165) is 37.9 Å². The van der Waals surface area contributed by atoms with Crippen molar-refractivity contribution in [2.45, 2.75) is 65.1 Å². The molecule has 3 rings (SSSR count). The van der Waals surface area contributed by atoms with Crippen molar-refractivity contribution in [3.05, 3.63) is 35.0 Å². The van der Waals surface area contributed by atoms with Crippen molar-refractivity contribution in [2.24, 2.45) is 0 Å². The fourth-order valence-electron chi connectivity index (χ4n) is 4.12. The van der Waals surface area contributed by atoms with Crippen LogP contribution in [0.25, 0.3) is 10.9 Å². The molecule has 148 valence electrons. The molecular formula is C22H32N2O3. The van der Waals surface area contributed by atoms with Crippen LogP contribution in [-0.2, 0) is 29.0 Å². The van der Waals surface area contributed by atoms with Gasteiger partial charge in [-0.15, -0.1) is 0 Å². The van der Waals surface area contributed by atoms with E-state index < -0.39 is 11.6 Å². The number of benzene rings is 1. The van der Waals surface area contributed by atoms with Crippen molar-refractivity contribution >= 4 is 16.9 Å². The molecule has 1 aromatic heterocycles. The van der Waals surface area contributed by atoms with Gasteiger partial charge in [-0.3, -0.25) is 0 Å². The third kappa shape index (κ3) is 3.90. The molecule has 2 aromatic rings. The zero-order valence-electron chi connectivity index (χ0n) is 17.0. The molecule has 1 aromatic carbocycles. The Hall–Kier alpha value is -1.85. The van der Waals surface area contributed by atoms with Crippen molar-refractivity contribution in [3.8, 4) is 0 Å². The van der Waals surface area contributed by atoms with Crippen molar-refractivity contribution in [2.75, 3.05) is 20.2 Å². The first-order chi connectivity index (χ1) is 12.9. The van der Waals surface area contributed by atoms with Crippen LogP contribution in [-0.4, -0.2) is 46.3 Å². The summed E-state index contributed by atoms with van der Waals surface area (Å²) in [5.74, 6) is -0.505. The van der Waals surface area contributed by atoms with Crippen LogP contribution in [0.1, 0.15) is 49.9 Å². The Bertz CT molecular complexity index is 827. The highest BCUT2D eigenvalue weighted by atomic mass is 16.5. The van der Waals surface area contributed by atoms with Gasteiger partial charge in [-0.25, -0.2) is 4.79 Å². The molecule has 0 saturated heterocycles. The van der Waals surface area contributed by atoms with E-state index in [1.165, 1.54) is 22.2 Å². The number of hydrogen-bond acceptors (Lipinski definition) is 4. The maximum atomic E-state index is 12.6. The third-order valence-electron chi connectivity index (χ3n) is 5.62. The van der Waals surface area contributed by atoms with E-state index in [-0.39, 0.29) is 13.2 Å². The number of aromatic nitrogens is 1. The van der Waals surface area contributed by atoms with Gasteiger partial charge in [-0.1, -0.05) is 31.4 Å². The van der Waals surface area contributed by atoms with Gasteiger partial charge in [-0.2, -0.15) is 0 Å². The normalized spacial score (nSPS) is 16.9. The van der Waals surface area contributed by atoms with Crippen molar-refractivity contribution in [1.29, 1.82) is 0 Å². The third-order valence-corrected chi connectivity index (χ3v) is 5.62. The molecule has 5 heteroatoms. The number of aliphatic hydroxyl groups is 1. The number of hydrogen-bond donors (Lipinski definition) is 1. The molecule has 1 aliphatic rings. The molecule has 5 nitrogen and oxygen atoms in total. The minimum absolute atomic E-state index is 0.254. The monoisotopic (exact) mass is 372 g/mol. The summed E-state index contributed by atoms with van der Waals surface area (Å²) >= 11 is 0. The van der Waals surface area contributed by atoms with Crippen molar-refractivity contribution < 1.29 is 14.6 Å². The first-order valence-electron chi connectivity index (χ1n) is 10.1. The smallest absolute Gasteiger partial charge is 0.340 e. The average Bonchev–Trinajstić information content (AvgIpc) is 2.92. The van der Waals surface area contributed by atoms with Gasteiger partial charge in [-0.05, 0) is 45.0 Å². The van der Waals surface area contributed by atoms with Crippen LogP contribution in [0, 0.1) is 6.92 Å². The van der Waals surface area contributed by atoms with Gasteiger partial charge in [0.25, 0.3) is 0 Å². The summed E-state index contributed by atoms with van der Waals surface area (Å²) in [6.07, 6.45) is 3.06. The molecule has 0 bridgehead atoms. The lowest BCUT2D eigenvalue weighted by Crippen LogP contribution is -2.44. The number of unbranched alkanes of at least 4 members (excludes halogenated alkanes) is 1. The molecular weight excluding hydrogens is 340 g/mol. The molecule has 1 unspecified atom stereocenters. The standard InChI is InChI=1S/C22H32N2O3/c1-5-7-11-22(26,21(25)27-6-2)15-24-19-9-8-16(3)13-17(19)18-14-23(4)12-10-20(18)24/h8-9,13,26H,5-7,10-12,14-15H2,1-4H3. The van der Waals surface area contributed by atoms with E-state index in [0.29, 0.717) is 6.42 Å².